The zero-order chi connectivity index (χ0) is 18.9. The van der Waals surface area contributed by atoms with Gasteiger partial charge in [-0.05, 0) is 24.0 Å². The summed E-state index contributed by atoms with van der Waals surface area (Å²) in [6.45, 7) is 4.03. The summed E-state index contributed by atoms with van der Waals surface area (Å²) in [7, 11) is 0. The van der Waals surface area contributed by atoms with Gasteiger partial charge >= 0.3 is 0 Å². The Labute approximate surface area is 153 Å². The molecule has 1 aromatic heterocycles. The van der Waals surface area contributed by atoms with E-state index in [9.17, 15) is 19.7 Å². The van der Waals surface area contributed by atoms with E-state index in [1.54, 1.807) is 18.2 Å². The SMILES string of the molecule is CC1(C)CC(=O)c2sc(NC(=O)C=Cc3ccccc3[N+](=O)[O-])nc2C1. The molecule has 134 valence electrons. The summed E-state index contributed by atoms with van der Waals surface area (Å²) >= 11 is 1.17. The van der Waals surface area contributed by atoms with Gasteiger partial charge in [0.1, 0.15) is 0 Å². The van der Waals surface area contributed by atoms with Gasteiger partial charge in [0, 0.05) is 18.6 Å². The average Bonchev–Trinajstić information content (AvgIpc) is 2.94. The molecule has 2 aromatic rings. The minimum absolute atomic E-state index is 0.0460. The predicted octanol–water partition coefficient (Wildman–Crippen LogP) is 3.86. The highest BCUT2D eigenvalue weighted by molar-refractivity contribution is 7.17. The Morgan fingerprint density at radius 1 is 1.35 bits per heavy atom. The lowest BCUT2D eigenvalue weighted by Crippen LogP contribution is -2.26. The molecule has 0 saturated heterocycles. The molecule has 8 heteroatoms. The number of carbonyl (C=O) groups is 2. The highest BCUT2D eigenvalue weighted by atomic mass is 32.1. The van der Waals surface area contributed by atoms with E-state index in [1.165, 1.54) is 29.6 Å². The minimum atomic E-state index is -0.500. The van der Waals surface area contributed by atoms with Crippen LogP contribution in [0.5, 0.6) is 0 Å². The molecule has 0 aliphatic heterocycles. The van der Waals surface area contributed by atoms with E-state index >= 15 is 0 Å². The van der Waals surface area contributed by atoms with Gasteiger partial charge in [-0.2, -0.15) is 0 Å². The lowest BCUT2D eigenvalue weighted by molar-refractivity contribution is -0.385. The average molecular weight is 371 g/mol. The monoisotopic (exact) mass is 371 g/mol. The van der Waals surface area contributed by atoms with E-state index in [0.29, 0.717) is 34.1 Å². The number of para-hydroxylation sites is 1. The normalized spacial score (nSPS) is 15.7. The second-order valence-electron chi connectivity index (χ2n) is 6.87. The molecule has 3 rings (SSSR count). The number of hydrogen-bond donors (Lipinski definition) is 1. The maximum absolute atomic E-state index is 12.2. The van der Waals surface area contributed by atoms with Crippen LogP contribution in [0.3, 0.4) is 0 Å². The molecular weight excluding hydrogens is 354 g/mol. The van der Waals surface area contributed by atoms with Gasteiger partial charge in [-0.3, -0.25) is 25.0 Å². The first-order valence-electron chi connectivity index (χ1n) is 8.00. The van der Waals surface area contributed by atoms with Crippen molar-refractivity contribution in [1.29, 1.82) is 0 Å². The molecule has 1 heterocycles. The lowest BCUT2D eigenvalue weighted by Gasteiger charge is -2.26. The lowest BCUT2D eigenvalue weighted by atomic mass is 9.78. The molecule has 1 aliphatic carbocycles. The molecule has 7 nitrogen and oxygen atoms in total. The molecule has 0 atom stereocenters. The van der Waals surface area contributed by atoms with Crippen LogP contribution < -0.4 is 5.32 Å². The van der Waals surface area contributed by atoms with E-state index in [4.69, 9.17) is 0 Å². The summed E-state index contributed by atoms with van der Waals surface area (Å²) in [6.07, 6.45) is 3.75. The summed E-state index contributed by atoms with van der Waals surface area (Å²) in [5.41, 5.74) is 0.845. The Hall–Kier alpha value is -2.87. The fraction of sp³-hybridized carbons (Fsp3) is 0.278. The molecular formula is C18H17N3O4S. The number of nitrogens with zero attached hydrogens (tertiary/aromatic N) is 2. The Bertz CT molecular complexity index is 930. The van der Waals surface area contributed by atoms with Crippen LogP contribution in [0.25, 0.3) is 6.08 Å². The van der Waals surface area contributed by atoms with Gasteiger partial charge in [0.15, 0.2) is 10.9 Å². The first-order valence-corrected chi connectivity index (χ1v) is 8.82. The van der Waals surface area contributed by atoms with Crippen molar-refractivity contribution in [2.24, 2.45) is 5.41 Å². The van der Waals surface area contributed by atoms with Gasteiger partial charge in [0.05, 0.1) is 21.1 Å². The molecule has 1 amide bonds. The van der Waals surface area contributed by atoms with Gasteiger partial charge in [-0.25, -0.2) is 4.98 Å². The number of hydrogen-bond acceptors (Lipinski definition) is 6. The topological polar surface area (TPSA) is 102 Å². The molecule has 1 N–H and O–H groups in total. The van der Waals surface area contributed by atoms with Gasteiger partial charge in [0.2, 0.25) is 5.91 Å². The van der Waals surface area contributed by atoms with Crippen LogP contribution >= 0.6 is 11.3 Å². The summed E-state index contributed by atoms with van der Waals surface area (Å²) < 4.78 is 0. The number of fused-ring (bicyclic) bond motifs is 1. The summed E-state index contributed by atoms with van der Waals surface area (Å²) in [5.74, 6) is -0.411. The first-order chi connectivity index (χ1) is 12.2. The third kappa shape index (κ3) is 3.85. The van der Waals surface area contributed by atoms with Gasteiger partial charge in [0.25, 0.3) is 5.69 Å². The van der Waals surface area contributed by atoms with Crippen LogP contribution in [0.2, 0.25) is 0 Å². The number of anilines is 1. The van der Waals surface area contributed by atoms with Gasteiger partial charge in [-0.15, -0.1) is 0 Å². The maximum Gasteiger partial charge on any atom is 0.276 e. The predicted molar refractivity (Wildman–Crippen MR) is 99.3 cm³/mol. The number of ketones is 1. The molecule has 0 spiro atoms. The number of nitro groups is 1. The number of Topliss-reactive ketones (excluding diaryl/α,β-unsaturated/α-hetero) is 1. The molecule has 0 unspecified atom stereocenters. The Balaban J connectivity index is 1.74. The van der Waals surface area contributed by atoms with Crippen molar-refractivity contribution in [2.45, 2.75) is 26.7 Å². The van der Waals surface area contributed by atoms with Crippen molar-refractivity contribution in [3.63, 3.8) is 0 Å². The molecule has 1 aliphatic rings. The number of thiazole rings is 1. The standard InChI is InChI=1S/C18H17N3O4S/c1-18(2)9-12-16(14(22)10-18)26-17(19-12)20-15(23)8-7-11-5-3-4-6-13(11)21(24)25/h3-8H,9-10H2,1-2H3,(H,19,20,23). The molecule has 0 saturated carbocycles. The highest BCUT2D eigenvalue weighted by Crippen LogP contribution is 2.38. The fourth-order valence-electron chi connectivity index (χ4n) is 2.88. The highest BCUT2D eigenvalue weighted by Gasteiger charge is 2.34. The van der Waals surface area contributed by atoms with Crippen LogP contribution in [0.1, 0.15) is 41.2 Å². The van der Waals surface area contributed by atoms with Crippen molar-refractivity contribution < 1.29 is 14.5 Å². The number of nitrogens with one attached hydrogen (secondary N) is 1. The van der Waals surface area contributed by atoms with Gasteiger partial charge < -0.3 is 0 Å². The third-order valence-corrected chi connectivity index (χ3v) is 5.07. The Morgan fingerprint density at radius 3 is 2.81 bits per heavy atom. The van der Waals surface area contributed by atoms with Crippen LogP contribution in [-0.4, -0.2) is 21.6 Å². The molecule has 1 aromatic carbocycles. The second-order valence-corrected chi connectivity index (χ2v) is 7.87. The summed E-state index contributed by atoms with van der Waals surface area (Å²) in [4.78, 5) is 39.7. The van der Waals surface area contributed by atoms with Crippen LogP contribution in [-0.2, 0) is 11.2 Å². The van der Waals surface area contributed by atoms with E-state index in [0.717, 1.165) is 0 Å². The number of nitro benzene ring substituents is 1. The Morgan fingerprint density at radius 2 is 2.08 bits per heavy atom. The summed E-state index contributed by atoms with van der Waals surface area (Å²) in [6, 6.07) is 6.16. The van der Waals surface area contributed by atoms with Crippen molar-refractivity contribution >= 4 is 39.9 Å². The van der Waals surface area contributed by atoms with E-state index in [-0.39, 0.29) is 16.9 Å². The number of rotatable bonds is 4. The van der Waals surface area contributed by atoms with Crippen LogP contribution in [0.15, 0.2) is 30.3 Å². The van der Waals surface area contributed by atoms with Crippen molar-refractivity contribution in [3.05, 3.63) is 56.6 Å². The van der Waals surface area contributed by atoms with Gasteiger partial charge in [-0.1, -0.05) is 37.3 Å². The minimum Gasteiger partial charge on any atom is -0.298 e. The quantitative estimate of drug-likeness (QED) is 0.499. The maximum atomic E-state index is 12.2. The molecule has 0 bridgehead atoms. The Kier molecular flexibility index (Phi) is 4.69. The third-order valence-electron chi connectivity index (χ3n) is 4.01. The molecule has 0 radical (unpaired) electrons. The van der Waals surface area contributed by atoms with Crippen molar-refractivity contribution in [1.82, 2.24) is 4.98 Å². The van der Waals surface area contributed by atoms with Crippen LogP contribution in [0.4, 0.5) is 10.8 Å². The van der Waals surface area contributed by atoms with Crippen LogP contribution in [0, 0.1) is 15.5 Å². The van der Waals surface area contributed by atoms with Crippen molar-refractivity contribution in [2.75, 3.05) is 5.32 Å². The number of benzene rings is 1. The summed E-state index contributed by atoms with van der Waals surface area (Å²) in [5, 5.41) is 14.0. The first kappa shape index (κ1) is 17.9. The molecule has 26 heavy (non-hydrogen) atoms. The zero-order valence-electron chi connectivity index (χ0n) is 14.3. The van der Waals surface area contributed by atoms with E-state index in [2.05, 4.69) is 10.3 Å². The number of aromatic nitrogens is 1. The second kappa shape index (κ2) is 6.80. The number of amides is 1. The smallest absolute Gasteiger partial charge is 0.276 e. The van der Waals surface area contributed by atoms with Crippen molar-refractivity contribution in [3.8, 4) is 0 Å². The van der Waals surface area contributed by atoms with E-state index in [1.807, 2.05) is 13.8 Å². The molecule has 0 fully saturated rings. The largest absolute Gasteiger partial charge is 0.298 e. The fourth-order valence-corrected chi connectivity index (χ4v) is 3.80. The zero-order valence-corrected chi connectivity index (χ0v) is 15.1. The van der Waals surface area contributed by atoms with E-state index < -0.39 is 10.8 Å². The number of carbonyl (C=O) groups excluding carboxylic acids is 2.